The first-order valence-corrected chi connectivity index (χ1v) is 6.29. The molecule has 0 N–H and O–H groups in total. The van der Waals surface area contributed by atoms with Crippen molar-refractivity contribution in [2.45, 2.75) is 39.7 Å². The fourth-order valence-electron chi connectivity index (χ4n) is 1.42. The van der Waals surface area contributed by atoms with Crippen LogP contribution in [-0.2, 0) is 4.74 Å². The Balaban J connectivity index is 2.75. The van der Waals surface area contributed by atoms with Crippen LogP contribution < -0.4 is 4.90 Å². The van der Waals surface area contributed by atoms with Gasteiger partial charge in [-0.05, 0) is 26.3 Å². The smallest absolute Gasteiger partial charge is 0.357 e. The Morgan fingerprint density at radius 2 is 2.22 bits per heavy atom. The standard InChI is InChI=1S/C13H21N3O2/c1-5-6-9-16(4)13-14-8-7-11(15-13)12(17)18-10(2)3/h7-8,10H,5-6,9H2,1-4H3. The number of nitrogens with zero attached hydrogens (tertiary/aromatic N) is 3. The van der Waals surface area contributed by atoms with Crippen LogP contribution >= 0.6 is 0 Å². The van der Waals surface area contributed by atoms with Crippen LogP contribution in [0.3, 0.4) is 0 Å². The Bertz CT molecular complexity index is 394. The summed E-state index contributed by atoms with van der Waals surface area (Å²) in [5, 5.41) is 0. The van der Waals surface area contributed by atoms with Crippen molar-refractivity contribution in [3.05, 3.63) is 18.0 Å². The van der Waals surface area contributed by atoms with Crippen molar-refractivity contribution in [2.75, 3.05) is 18.5 Å². The van der Waals surface area contributed by atoms with E-state index in [0.717, 1.165) is 19.4 Å². The highest BCUT2D eigenvalue weighted by Crippen LogP contribution is 2.08. The number of aromatic nitrogens is 2. The topological polar surface area (TPSA) is 55.3 Å². The van der Waals surface area contributed by atoms with Crippen LogP contribution in [0.25, 0.3) is 0 Å². The zero-order chi connectivity index (χ0) is 13.5. The van der Waals surface area contributed by atoms with Crippen molar-refractivity contribution in [1.29, 1.82) is 0 Å². The molecule has 0 spiro atoms. The lowest BCUT2D eigenvalue weighted by Crippen LogP contribution is -2.22. The molecule has 1 aromatic heterocycles. The molecule has 0 unspecified atom stereocenters. The van der Waals surface area contributed by atoms with Crippen LogP contribution in [0.4, 0.5) is 5.95 Å². The lowest BCUT2D eigenvalue weighted by Gasteiger charge is -2.16. The predicted octanol–water partition coefficient (Wildman–Crippen LogP) is 2.28. The maximum Gasteiger partial charge on any atom is 0.357 e. The molecule has 0 atom stereocenters. The van der Waals surface area contributed by atoms with Gasteiger partial charge in [0.2, 0.25) is 5.95 Å². The summed E-state index contributed by atoms with van der Waals surface area (Å²) in [6.07, 6.45) is 3.62. The minimum Gasteiger partial charge on any atom is -0.458 e. The molecule has 18 heavy (non-hydrogen) atoms. The van der Waals surface area contributed by atoms with Gasteiger partial charge in [-0.2, -0.15) is 0 Å². The predicted molar refractivity (Wildman–Crippen MR) is 70.8 cm³/mol. The number of carbonyl (C=O) groups is 1. The van der Waals surface area contributed by atoms with Crippen molar-refractivity contribution in [3.8, 4) is 0 Å². The fraction of sp³-hybridized carbons (Fsp3) is 0.615. The van der Waals surface area contributed by atoms with E-state index in [0.29, 0.717) is 11.6 Å². The fourth-order valence-corrected chi connectivity index (χ4v) is 1.42. The zero-order valence-corrected chi connectivity index (χ0v) is 11.5. The number of ether oxygens (including phenoxy) is 1. The van der Waals surface area contributed by atoms with Gasteiger partial charge in [0.15, 0.2) is 5.69 Å². The van der Waals surface area contributed by atoms with Gasteiger partial charge in [0.1, 0.15) is 0 Å². The van der Waals surface area contributed by atoms with Gasteiger partial charge >= 0.3 is 5.97 Å². The Hall–Kier alpha value is -1.65. The molecule has 0 saturated carbocycles. The van der Waals surface area contributed by atoms with Crippen molar-refractivity contribution >= 4 is 11.9 Å². The second-order valence-corrected chi connectivity index (χ2v) is 4.47. The van der Waals surface area contributed by atoms with Gasteiger partial charge in [-0.25, -0.2) is 14.8 Å². The molecule has 0 bridgehead atoms. The first-order valence-electron chi connectivity index (χ1n) is 6.29. The largest absolute Gasteiger partial charge is 0.458 e. The van der Waals surface area contributed by atoms with E-state index in [-0.39, 0.29) is 6.10 Å². The van der Waals surface area contributed by atoms with Gasteiger partial charge in [-0.3, -0.25) is 0 Å². The molecule has 0 fully saturated rings. The summed E-state index contributed by atoms with van der Waals surface area (Å²) in [6, 6.07) is 1.57. The van der Waals surface area contributed by atoms with E-state index in [1.165, 1.54) is 0 Å². The average Bonchev–Trinajstić information content (AvgIpc) is 2.35. The molecule has 100 valence electrons. The second-order valence-electron chi connectivity index (χ2n) is 4.47. The molecule has 0 aliphatic carbocycles. The van der Waals surface area contributed by atoms with Crippen molar-refractivity contribution < 1.29 is 9.53 Å². The highest BCUT2D eigenvalue weighted by atomic mass is 16.5. The van der Waals surface area contributed by atoms with Gasteiger partial charge in [0.25, 0.3) is 0 Å². The summed E-state index contributed by atoms with van der Waals surface area (Å²) in [5.74, 6) is 0.152. The molecule has 0 saturated heterocycles. The van der Waals surface area contributed by atoms with E-state index in [9.17, 15) is 4.79 Å². The number of esters is 1. The van der Waals surface area contributed by atoms with E-state index >= 15 is 0 Å². The van der Waals surface area contributed by atoms with Crippen LogP contribution in [0.1, 0.15) is 44.1 Å². The van der Waals surface area contributed by atoms with Gasteiger partial charge in [0, 0.05) is 19.8 Å². The normalized spacial score (nSPS) is 10.5. The van der Waals surface area contributed by atoms with Gasteiger partial charge in [-0.15, -0.1) is 0 Å². The first-order chi connectivity index (χ1) is 8.54. The van der Waals surface area contributed by atoms with E-state index in [1.807, 2.05) is 25.8 Å². The maximum atomic E-state index is 11.7. The van der Waals surface area contributed by atoms with Crippen LogP contribution in [0.5, 0.6) is 0 Å². The summed E-state index contributed by atoms with van der Waals surface area (Å²) < 4.78 is 5.10. The van der Waals surface area contributed by atoms with Crippen LogP contribution in [-0.4, -0.2) is 35.6 Å². The number of rotatable bonds is 6. The van der Waals surface area contributed by atoms with Crippen molar-refractivity contribution in [2.24, 2.45) is 0 Å². The van der Waals surface area contributed by atoms with E-state index in [2.05, 4.69) is 16.9 Å². The summed E-state index contributed by atoms with van der Waals surface area (Å²) in [4.78, 5) is 22.0. The molecule has 0 amide bonds. The molecule has 0 aromatic carbocycles. The molecule has 0 radical (unpaired) electrons. The number of hydrogen-bond acceptors (Lipinski definition) is 5. The minimum atomic E-state index is -0.405. The van der Waals surface area contributed by atoms with E-state index in [4.69, 9.17) is 4.74 Å². The molecular formula is C13H21N3O2. The average molecular weight is 251 g/mol. The molecule has 1 aromatic rings. The Morgan fingerprint density at radius 3 is 2.83 bits per heavy atom. The van der Waals surface area contributed by atoms with Crippen molar-refractivity contribution in [1.82, 2.24) is 9.97 Å². The highest BCUT2D eigenvalue weighted by molar-refractivity contribution is 5.87. The molecule has 1 rings (SSSR count). The number of unbranched alkanes of at least 4 members (excludes halogenated alkanes) is 1. The summed E-state index contributed by atoms with van der Waals surface area (Å²) in [7, 11) is 1.92. The summed E-state index contributed by atoms with van der Waals surface area (Å²) in [5.41, 5.74) is 0.303. The third kappa shape index (κ3) is 4.31. The van der Waals surface area contributed by atoms with Crippen molar-refractivity contribution in [3.63, 3.8) is 0 Å². The minimum absolute atomic E-state index is 0.145. The van der Waals surface area contributed by atoms with Gasteiger partial charge in [-0.1, -0.05) is 13.3 Å². The quantitative estimate of drug-likeness (QED) is 0.726. The monoisotopic (exact) mass is 251 g/mol. The lowest BCUT2D eigenvalue weighted by molar-refractivity contribution is 0.0371. The molecule has 1 heterocycles. The maximum absolute atomic E-state index is 11.7. The van der Waals surface area contributed by atoms with Gasteiger partial charge in [0.05, 0.1) is 6.10 Å². The van der Waals surface area contributed by atoms with Crippen LogP contribution in [0.2, 0.25) is 0 Å². The van der Waals surface area contributed by atoms with Gasteiger partial charge < -0.3 is 9.64 Å². The number of anilines is 1. The number of hydrogen-bond donors (Lipinski definition) is 0. The Kier molecular flexibility index (Phi) is 5.55. The second kappa shape index (κ2) is 6.93. The number of carbonyl (C=O) groups excluding carboxylic acids is 1. The molecule has 0 aliphatic rings. The van der Waals surface area contributed by atoms with Crippen LogP contribution in [0, 0.1) is 0 Å². The Morgan fingerprint density at radius 1 is 1.50 bits per heavy atom. The van der Waals surface area contributed by atoms with E-state index < -0.39 is 5.97 Å². The van der Waals surface area contributed by atoms with Crippen LogP contribution in [0.15, 0.2) is 12.3 Å². The SMILES string of the molecule is CCCCN(C)c1nccc(C(=O)OC(C)C)n1. The first kappa shape index (κ1) is 14.4. The highest BCUT2D eigenvalue weighted by Gasteiger charge is 2.13. The molecule has 5 nitrogen and oxygen atoms in total. The summed E-state index contributed by atoms with van der Waals surface area (Å²) >= 11 is 0. The molecule has 0 aliphatic heterocycles. The molecular weight excluding hydrogens is 230 g/mol. The third-order valence-electron chi connectivity index (χ3n) is 2.38. The zero-order valence-electron chi connectivity index (χ0n) is 11.5. The third-order valence-corrected chi connectivity index (χ3v) is 2.38. The molecule has 5 heteroatoms. The lowest BCUT2D eigenvalue weighted by atomic mass is 10.3. The summed E-state index contributed by atoms with van der Waals surface area (Å²) in [6.45, 7) is 6.63. The Labute approximate surface area is 108 Å². The van der Waals surface area contributed by atoms with E-state index in [1.54, 1.807) is 12.3 Å².